The predicted octanol–water partition coefficient (Wildman–Crippen LogP) is -0.538. The highest BCUT2D eigenvalue weighted by Crippen LogP contribution is 2.10. The van der Waals surface area contributed by atoms with Crippen molar-refractivity contribution in [2.75, 3.05) is 19.6 Å². The molecule has 0 aliphatic carbocycles. The Kier molecular flexibility index (Phi) is 4.55. The average Bonchev–Trinajstić information content (AvgIpc) is 2.18. The van der Waals surface area contributed by atoms with Crippen molar-refractivity contribution in [3.8, 4) is 0 Å². The van der Waals surface area contributed by atoms with Gasteiger partial charge in [-0.3, -0.25) is 9.59 Å². The first kappa shape index (κ1) is 12.0. The molecule has 1 unspecified atom stereocenters. The minimum absolute atomic E-state index is 0.137. The van der Waals surface area contributed by atoms with Gasteiger partial charge in [-0.15, -0.1) is 0 Å². The molecule has 3 N–H and O–H groups in total. The van der Waals surface area contributed by atoms with Crippen LogP contribution in [0.2, 0.25) is 0 Å². The Morgan fingerprint density at radius 3 is 2.87 bits per heavy atom. The summed E-state index contributed by atoms with van der Waals surface area (Å²) in [5, 5.41) is 3.25. The zero-order valence-corrected chi connectivity index (χ0v) is 9.16. The van der Waals surface area contributed by atoms with E-state index in [0.717, 1.165) is 25.9 Å². The maximum atomic E-state index is 11.7. The molecule has 1 rings (SSSR count). The molecule has 1 aliphatic heterocycles. The SMILES string of the molecule is CCCC1CNCCN1C(=O)CC(N)=O. The molecule has 1 heterocycles. The summed E-state index contributed by atoms with van der Waals surface area (Å²) in [5.41, 5.74) is 5.02. The Bertz CT molecular complexity index is 241. The van der Waals surface area contributed by atoms with Gasteiger partial charge in [-0.1, -0.05) is 13.3 Å². The Hall–Kier alpha value is -1.10. The van der Waals surface area contributed by atoms with Crippen molar-refractivity contribution < 1.29 is 9.59 Å². The number of primary amides is 1. The summed E-state index contributed by atoms with van der Waals surface area (Å²) in [6.45, 7) is 4.38. The molecular weight excluding hydrogens is 194 g/mol. The average molecular weight is 213 g/mol. The minimum Gasteiger partial charge on any atom is -0.369 e. The highest BCUT2D eigenvalue weighted by atomic mass is 16.2. The van der Waals surface area contributed by atoms with E-state index in [1.54, 1.807) is 4.90 Å². The first-order valence-electron chi connectivity index (χ1n) is 5.43. The molecule has 0 aromatic rings. The monoisotopic (exact) mass is 213 g/mol. The number of nitrogens with two attached hydrogens (primary N) is 1. The van der Waals surface area contributed by atoms with E-state index in [1.165, 1.54) is 0 Å². The lowest BCUT2D eigenvalue weighted by atomic mass is 10.1. The van der Waals surface area contributed by atoms with E-state index in [0.29, 0.717) is 6.54 Å². The van der Waals surface area contributed by atoms with Gasteiger partial charge in [0.2, 0.25) is 11.8 Å². The van der Waals surface area contributed by atoms with Crippen LogP contribution in [-0.4, -0.2) is 42.4 Å². The van der Waals surface area contributed by atoms with Crippen molar-refractivity contribution in [2.45, 2.75) is 32.2 Å². The molecule has 0 saturated carbocycles. The smallest absolute Gasteiger partial charge is 0.232 e. The van der Waals surface area contributed by atoms with Gasteiger partial charge < -0.3 is 16.0 Å². The zero-order valence-electron chi connectivity index (χ0n) is 9.16. The second-order valence-electron chi connectivity index (χ2n) is 3.88. The van der Waals surface area contributed by atoms with E-state index in [1.807, 2.05) is 0 Å². The summed E-state index contributed by atoms with van der Waals surface area (Å²) >= 11 is 0. The van der Waals surface area contributed by atoms with E-state index in [-0.39, 0.29) is 18.4 Å². The third-order valence-corrected chi connectivity index (χ3v) is 2.62. The molecule has 15 heavy (non-hydrogen) atoms. The number of hydrogen-bond acceptors (Lipinski definition) is 3. The van der Waals surface area contributed by atoms with Gasteiger partial charge in [0.05, 0.1) is 0 Å². The first-order valence-corrected chi connectivity index (χ1v) is 5.43. The summed E-state index contributed by atoms with van der Waals surface area (Å²) in [7, 11) is 0. The van der Waals surface area contributed by atoms with Crippen LogP contribution in [0.5, 0.6) is 0 Å². The quantitative estimate of drug-likeness (QED) is 0.616. The highest BCUT2D eigenvalue weighted by molar-refractivity contribution is 5.96. The van der Waals surface area contributed by atoms with E-state index in [2.05, 4.69) is 12.2 Å². The second-order valence-corrected chi connectivity index (χ2v) is 3.88. The van der Waals surface area contributed by atoms with Crippen LogP contribution in [0, 0.1) is 0 Å². The lowest BCUT2D eigenvalue weighted by Gasteiger charge is -2.36. The molecule has 86 valence electrons. The van der Waals surface area contributed by atoms with Crippen molar-refractivity contribution in [3.05, 3.63) is 0 Å². The number of piperazine rings is 1. The van der Waals surface area contributed by atoms with Crippen molar-refractivity contribution in [1.82, 2.24) is 10.2 Å². The van der Waals surface area contributed by atoms with Crippen LogP contribution >= 0.6 is 0 Å². The molecule has 0 radical (unpaired) electrons. The molecule has 5 heteroatoms. The van der Waals surface area contributed by atoms with Crippen LogP contribution in [0.4, 0.5) is 0 Å². The maximum Gasteiger partial charge on any atom is 0.232 e. The number of rotatable bonds is 4. The number of carbonyl (C=O) groups excluding carboxylic acids is 2. The highest BCUT2D eigenvalue weighted by Gasteiger charge is 2.26. The van der Waals surface area contributed by atoms with Crippen molar-refractivity contribution >= 4 is 11.8 Å². The van der Waals surface area contributed by atoms with E-state index >= 15 is 0 Å². The normalized spacial score (nSPS) is 21.4. The van der Waals surface area contributed by atoms with Crippen LogP contribution in [0.25, 0.3) is 0 Å². The van der Waals surface area contributed by atoms with E-state index in [4.69, 9.17) is 5.73 Å². The second kappa shape index (κ2) is 5.70. The molecule has 1 aliphatic rings. The summed E-state index contributed by atoms with van der Waals surface area (Å²) < 4.78 is 0. The number of carbonyl (C=O) groups is 2. The van der Waals surface area contributed by atoms with Gasteiger partial charge in [0, 0.05) is 25.7 Å². The van der Waals surface area contributed by atoms with Crippen molar-refractivity contribution in [3.63, 3.8) is 0 Å². The largest absolute Gasteiger partial charge is 0.369 e. The van der Waals surface area contributed by atoms with Crippen LogP contribution in [0.3, 0.4) is 0 Å². The molecule has 0 bridgehead atoms. The summed E-state index contributed by atoms with van der Waals surface area (Å²) in [6.07, 6.45) is 1.84. The van der Waals surface area contributed by atoms with Crippen LogP contribution in [0.1, 0.15) is 26.2 Å². The topological polar surface area (TPSA) is 75.4 Å². The molecule has 1 fully saturated rings. The fourth-order valence-electron chi connectivity index (χ4n) is 1.93. The number of amides is 2. The molecule has 1 saturated heterocycles. The van der Waals surface area contributed by atoms with E-state index < -0.39 is 5.91 Å². The molecule has 5 nitrogen and oxygen atoms in total. The molecular formula is C10H19N3O2. The zero-order chi connectivity index (χ0) is 11.3. The molecule has 0 aromatic carbocycles. The lowest BCUT2D eigenvalue weighted by molar-refractivity contribution is -0.137. The van der Waals surface area contributed by atoms with Gasteiger partial charge in [-0.25, -0.2) is 0 Å². The molecule has 2 amide bonds. The van der Waals surface area contributed by atoms with Gasteiger partial charge in [-0.2, -0.15) is 0 Å². The van der Waals surface area contributed by atoms with Gasteiger partial charge in [-0.05, 0) is 6.42 Å². The van der Waals surface area contributed by atoms with Crippen molar-refractivity contribution in [1.29, 1.82) is 0 Å². The predicted molar refractivity (Wildman–Crippen MR) is 57.1 cm³/mol. The first-order chi connectivity index (χ1) is 7.15. The van der Waals surface area contributed by atoms with E-state index in [9.17, 15) is 9.59 Å². The molecule has 0 spiro atoms. The van der Waals surface area contributed by atoms with Gasteiger partial charge in [0.15, 0.2) is 0 Å². The lowest BCUT2D eigenvalue weighted by Crippen LogP contribution is -2.54. The van der Waals surface area contributed by atoms with Crippen LogP contribution < -0.4 is 11.1 Å². The standard InChI is InChI=1S/C10H19N3O2/c1-2-3-8-7-12-4-5-13(8)10(15)6-9(11)14/h8,12H,2-7H2,1H3,(H2,11,14). The Morgan fingerprint density at radius 2 is 2.27 bits per heavy atom. The summed E-state index contributed by atoms with van der Waals surface area (Å²) in [6, 6.07) is 0.218. The maximum absolute atomic E-state index is 11.7. The van der Waals surface area contributed by atoms with Crippen molar-refractivity contribution in [2.24, 2.45) is 5.73 Å². The Morgan fingerprint density at radius 1 is 1.53 bits per heavy atom. The van der Waals surface area contributed by atoms with Gasteiger partial charge in [0.25, 0.3) is 0 Å². The number of nitrogens with zero attached hydrogens (tertiary/aromatic N) is 1. The van der Waals surface area contributed by atoms with Gasteiger partial charge in [0.1, 0.15) is 6.42 Å². The fourth-order valence-corrected chi connectivity index (χ4v) is 1.93. The van der Waals surface area contributed by atoms with Crippen LogP contribution in [-0.2, 0) is 9.59 Å². The van der Waals surface area contributed by atoms with Crippen LogP contribution in [0.15, 0.2) is 0 Å². The van der Waals surface area contributed by atoms with Gasteiger partial charge >= 0.3 is 0 Å². The Balaban J connectivity index is 2.54. The molecule has 1 atom stereocenters. The molecule has 0 aromatic heterocycles. The number of hydrogen-bond donors (Lipinski definition) is 2. The fraction of sp³-hybridized carbons (Fsp3) is 0.800. The third-order valence-electron chi connectivity index (χ3n) is 2.62. The minimum atomic E-state index is -0.547. The summed E-state index contributed by atoms with van der Waals surface area (Å²) in [5.74, 6) is -0.684. The number of nitrogens with one attached hydrogen (secondary N) is 1. The third kappa shape index (κ3) is 3.51. The summed E-state index contributed by atoms with van der Waals surface area (Å²) in [4.78, 5) is 24.1. The Labute approximate surface area is 90.0 Å².